The summed E-state index contributed by atoms with van der Waals surface area (Å²) in [5.74, 6) is -0.937. The van der Waals surface area contributed by atoms with Gasteiger partial charge in [0.25, 0.3) is 5.91 Å². The number of amides is 2. The molecule has 156 valence electrons. The normalized spacial score (nSPS) is 17.7. The van der Waals surface area contributed by atoms with Gasteiger partial charge in [-0.3, -0.25) is 9.59 Å². The molecule has 0 aliphatic carbocycles. The van der Waals surface area contributed by atoms with Gasteiger partial charge in [0.1, 0.15) is 0 Å². The molecule has 0 fully saturated rings. The van der Waals surface area contributed by atoms with E-state index in [-0.39, 0.29) is 11.8 Å². The van der Waals surface area contributed by atoms with Crippen molar-refractivity contribution in [3.05, 3.63) is 87.6 Å². The lowest BCUT2D eigenvalue weighted by Gasteiger charge is -2.41. The number of rotatable bonds is 6. The van der Waals surface area contributed by atoms with Crippen molar-refractivity contribution in [1.29, 1.82) is 5.26 Å². The summed E-state index contributed by atoms with van der Waals surface area (Å²) in [7, 11) is 1.59. The Balaban J connectivity index is 1.79. The minimum Gasteiger partial charge on any atom is -0.383 e. The maximum absolute atomic E-state index is 13.6. The van der Waals surface area contributed by atoms with Crippen molar-refractivity contribution < 1.29 is 14.3 Å². The summed E-state index contributed by atoms with van der Waals surface area (Å²) in [5.41, 5.74) is 2.24. The van der Waals surface area contributed by atoms with Crippen LogP contribution in [0, 0.1) is 11.3 Å². The molecule has 0 saturated carbocycles. The van der Waals surface area contributed by atoms with E-state index >= 15 is 0 Å². The van der Waals surface area contributed by atoms with E-state index in [4.69, 9.17) is 4.74 Å². The van der Waals surface area contributed by atoms with Crippen molar-refractivity contribution in [2.75, 3.05) is 25.6 Å². The molecule has 0 bridgehead atoms. The van der Waals surface area contributed by atoms with Gasteiger partial charge in [-0.25, -0.2) is 0 Å². The molecule has 1 N–H and O–H groups in total. The van der Waals surface area contributed by atoms with Crippen molar-refractivity contribution in [1.82, 2.24) is 4.90 Å². The highest BCUT2D eigenvalue weighted by atomic mass is 32.1. The molecule has 0 radical (unpaired) electrons. The van der Waals surface area contributed by atoms with Crippen LogP contribution in [0.2, 0.25) is 0 Å². The number of hydrogen-bond donors (Lipinski definition) is 1. The topological polar surface area (TPSA) is 82.4 Å². The molecule has 31 heavy (non-hydrogen) atoms. The fraction of sp³-hybridized carbons (Fsp3) is 0.208. The fourth-order valence-electron chi connectivity index (χ4n) is 3.97. The number of carbonyl (C=O) groups is 2. The summed E-state index contributed by atoms with van der Waals surface area (Å²) < 4.78 is 5.24. The van der Waals surface area contributed by atoms with Crippen LogP contribution in [0.4, 0.5) is 5.69 Å². The third kappa shape index (κ3) is 4.08. The van der Waals surface area contributed by atoms with E-state index < -0.39 is 12.0 Å². The largest absolute Gasteiger partial charge is 0.383 e. The highest BCUT2D eigenvalue weighted by Gasteiger charge is 2.44. The van der Waals surface area contributed by atoms with Gasteiger partial charge in [-0.15, -0.1) is 11.3 Å². The first kappa shape index (κ1) is 20.8. The van der Waals surface area contributed by atoms with Crippen LogP contribution in [0.25, 0.3) is 0 Å². The molecule has 0 saturated heterocycles. The highest BCUT2D eigenvalue weighted by Crippen LogP contribution is 2.44. The van der Waals surface area contributed by atoms with Gasteiger partial charge in [0.15, 0.2) is 0 Å². The molecule has 6 nitrogen and oxygen atoms in total. The number of thiophene rings is 1. The molecule has 2 amide bonds. The van der Waals surface area contributed by atoms with E-state index in [1.807, 2.05) is 35.7 Å². The minimum atomic E-state index is -0.602. The van der Waals surface area contributed by atoms with Gasteiger partial charge in [0.2, 0.25) is 5.91 Å². The van der Waals surface area contributed by atoms with Crippen LogP contribution in [-0.2, 0) is 9.53 Å². The van der Waals surface area contributed by atoms with Crippen molar-refractivity contribution in [2.24, 2.45) is 0 Å². The van der Waals surface area contributed by atoms with Crippen LogP contribution in [0.1, 0.15) is 38.3 Å². The van der Waals surface area contributed by atoms with Crippen LogP contribution in [-0.4, -0.2) is 37.0 Å². The Labute approximate surface area is 184 Å². The number of hydrogen-bond acceptors (Lipinski definition) is 5. The molecule has 2 atom stereocenters. The summed E-state index contributed by atoms with van der Waals surface area (Å²) in [5, 5.41) is 14.1. The van der Waals surface area contributed by atoms with E-state index in [0.717, 1.165) is 4.88 Å². The SMILES string of the molecule is COCCN1C(=O)c2ccccc2[C@@H](C(=O)Nc2cccc(C#N)c2)[C@H]1c1cccs1. The molecule has 0 unspecified atom stereocenters. The molecule has 3 aromatic rings. The third-order valence-corrected chi connectivity index (χ3v) is 6.29. The lowest BCUT2D eigenvalue weighted by atomic mass is 9.81. The molecule has 4 rings (SSSR count). The van der Waals surface area contributed by atoms with Gasteiger partial charge in [0.05, 0.1) is 30.2 Å². The monoisotopic (exact) mass is 431 g/mol. The number of nitrogens with one attached hydrogen (secondary N) is 1. The maximum atomic E-state index is 13.6. The van der Waals surface area contributed by atoms with E-state index in [2.05, 4.69) is 11.4 Å². The second-order valence-electron chi connectivity index (χ2n) is 7.20. The number of nitriles is 1. The Kier molecular flexibility index (Phi) is 6.12. The fourth-order valence-corrected chi connectivity index (χ4v) is 4.85. The summed E-state index contributed by atoms with van der Waals surface area (Å²) in [6.07, 6.45) is 0. The van der Waals surface area contributed by atoms with E-state index in [9.17, 15) is 14.9 Å². The van der Waals surface area contributed by atoms with Gasteiger partial charge in [-0.2, -0.15) is 5.26 Å². The number of carbonyl (C=O) groups excluding carboxylic acids is 2. The van der Waals surface area contributed by atoms with Gasteiger partial charge >= 0.3 is 0 Å². The van der Waals surface area contributed by atoms with Crippen molar-refractivity contribution in [2.45, 2.75) is 12.0 Å². The number of anilines is 1. The van der Waals surface area contributed by atoms with Gasteiger partial charge < -0.3 is 15.0 Å². The zero-order chi connectivity index (χ0) is 21.8. The number of nitrogens with zero attached hydrogens (tertiary/aromatic N) is 2. The summed E-state index contributed by atoms with van der Waals surface area (Å²) in [4.78, 5) is 29.6. The Hall–Kier alpha value is -3.47. The van der Waals surface area contributed by atoms with Gasteiger partial charge in [0, 0.05) is 29.8 Å². The van der Waals surface area contributed by atoms with Crippen LogP contribution in [0.3, 0.4) is 0 Å². The first-order valence-electron chi connectivity index (χ1n) is 9.87. The smallest absolute Gasteiger partial charge is 0.254 e. The van der Waals surface area contributed by atoms with Gasteiger partial charge in [-0.05, 0) is 41.3 Å². The molecule has 1 aliphatic heterocycles. The molecule has 7 heteroatoms. The predicted molar refractivity (Wildman–Crippen MR) is 119 cm³/mol. The number of methoxy groups -OCH3 is 1. The Bertz CT molecular complexity index is 1140. The molecule has 0 spiro atoms. The predicted octanol–water partition coefficient (Wildman–Crippen LogP) is 4.19. The van der Waals surface area contributed by atoms with Crippen molar-refractivity contribution in [3.8, 4) is 6.07 Å². The molecular weight excluding hydrogens is 410 g/mol. The standard InChI is InChI=1S/C24H21N3O3S/c1-30-12-11-27-22(20-10-5-13-31-20)21(18-8-2-3-9-19(18)24(27)29)23(28)26-17-7-4-6-16(14-17)15-25/h2-10,13-14,21-22H,11-12H2,1H3,(H,26,28)/t21-,22-/m1/s1. The van der Waals surface area contributed by atoms with Crippen LogP contribution < -0.4 is 5.32 Å². The van der Waals surface area contributed by atoms with Crippen LogP contribution in [0.15, 0.2) is 66.0 Å². The zero-order valence-corrected chi connectivity index (χ0v) is 17.8. The maximum Gasteiger partial charge on any atom is 0.254 e. The molecular formula is C24H21N3O3S. The minimum absolute atomic E-state index is 0.110. The van der Waals surface area contributed by atoms with E-state index in [0.29, 0.717) is 35.5 Å². The Morgan fingerprint density at radius 2 is 2.03 bits per heavy atom. The zero-order valence-electron chi connectivity index (χ0n) is 16.9. The Morgan fingerprint density at radius 3 is 2.77 bits per heavy atom. The molecule has 1 aromatic heterocycles. The number of fused-ring (bicyclic) bond motifs is 1. The van der Waals surface area contributed by atoms with Gasteiger partial charge in [-0.1, -0.05) is 30.3 Å². The summed E-state index contributed by atoms with van der Waals surface area (Å²) >= 11 is 1.52. The first-order chi connectivity index (χ1) is 15.1. The average molecular weight is 432 g/mol. The molecule has 1 aliphatic rings. The van der Waals surface area contributed by atoms with E-state index in [1.54, 1.807) is 42.3 Å². The quantitative estimate of drug-likeness (QED) is 0.635. The number of benzene rings is 2. The lowest BCUT2D eigenvalue weighted by Crippen LogP contribution is -2.47. The van der Waals surface area contributed by atoms with E-state index in [1.165, 1.54) is 11.3 Å². The molecule has 2 aromatic carbocycles. The highest BCUT2D eigenvalue weighted by molar-refractivity contribution is 7.10. The second-order valence-corrected chi connectivity index (χ2v) is 8.18. The second kappa shape index (κ2) is 9.13. The van der Waals surface area contributed by atoms with Crippen LogP contribution in [0.5, 0.6) is 0 Å². The summed E-state index contributed by atoms with van der Waals surface area (Å²) in [6, 6.07) is 19.6. The Morgan fingerprint density at radius 1 is 1.19 bits per heavy atom. The molecule has 2 heterocycles. The first-order valence-corrected chi connectivity index (χ1v) is 10.7. The van der Waals surface area contributed by atoms with Crippen LogP contribution >= 0.6 is 11.3 Å². The number of ether oxygens (including phenoxy) is 1. The third-order valence-electron chi connectivity index (χ3n) is 5.35. The average Bonchev–Trinajstić information content (AvgIpc) is 3.33. The lowest BCUT2D eigenvalue weighted by molar-refractivity contribution is -0.119. The summed E-state index contributed by atoms with van der Waals surface area (Å²) in [6.45, 7) is 0.744. The van der Waals surface area contributed by atoms with Crippen molar-refractivity contribution in [3.63, 3.8) is 0 Å². The van der Waals surface area contributed by atoms with Crippen molar-refractivity contribution >= 4 is 28.8 Å².